The summed E-state index contributed by atoms with van der Waals surface area (Å²) in [6.07, 6.45) is 2.36. The van der Waals surface area contributed by atoms with Crippen LogP contribution in [0.5, 0.6) is 0 Å². The van der Waals surface area contributed by atoms with Gasteiger partial charge in [0, 0.05) is 21.8 Å². The summed E-state index contributed by atoms with van der Waals surface area (Å²) in [5, 5.41) is 5.68. The van der Waals surface area contributed by atoms with E-state index >= 15 is 0 Å². The number of benzene rings is 3. The van der Waals surface area contributed by atoms with Crippen LogP contribution in [0.15, 0.2) is 48.5 Å². The van der Waals surface area contributed by atoms with Crippen molar-refractivity contribution in [3.8, 4) is 0 Å². The van der Waals surface area contributed by atoms with Gasteiger partial charge in [-0.2, -0.15) is 0 Å². The first-order chi connectivity index (χ1) is 9.42. The number of fused-ring (bicyclic) bond motifs is 4. The number of para-hydroxylation sites is 1. The maximum atomic E-state index is 3.57. The summed E-state index contributed by atoms with van der Waals surface area (Å²) in [4.78, 5) is 3.57. The molecule has 1 N–H and O–H groups in total. The third-order valence-corrected chi connectivity index (χ3v) is 4.47. The van der Waals surface area contributed by atoms with Crippen molar-refractivity contribution in [2.24, 2.45) is 0 Å². The highest BCUT2D eigenvalue weighted by molar-refractivity contribution is 6.15. The number of H-pyrrole nitrogens is 1. The van der Waals surface area contributed by atoms with Crippen molar-refractivity contribution in [2.45, 2.75) is 12.8 Å². The van der Waals surface area contributed by atoms with Gasteiger partial charge in [-0.05, 0) is 46.9 Å². The summed E-state index contributed by atoms with van der Waals surface area (Å²) >= 11 is 0. The van der Waals surface area contributed by atoms with Gasteiger partial charge in [-0.25, -0.2) is 0 Å². The topological polar surface area (TPSA) is 15.8 Å². The maximum Gasteiger partial charge on any atom is 0.0474 e. The van der Waals surface area contributed by atoms with Crippen LogP contribution in [0.25, 0.3) is 32.6 Å². The maximum absolute atomic E-state index is 3.57. The fourth-order valence-electron chi connectivity index (χ4n) is 3.70. The Labute approximate surface area is 110 Å². The molecule has 0 radical (unpaired) electrons. The molecule has 1 aromatic heterocycles. The highest BCUT2D eigenvalue weighted by Gasteiger charge is 2.19. The molecule has 3 aromatic carbocycles. The van der Waals surface area contributed by atoms with Crippen LogP contribution in [0.2, 0.25) is 0 Å². The van der Waals surface area contributed by atoms with Crippen molar-refractivity contribution in [3.63, 3.8) is 0 Å². The molecule has 0 fully saturated rings. The van der Waals surface area contributed by atoms with Gasteiger partial charge in [0.2, 0.25) is 0 Å². The zero-order chi connectivity index (χ0) is 12.4. The number of aryl methyl sites for hydroxylation is 2. The summed E-state index contributed by atoms with van der Waals surface area (Å²) in [6, 6.07) is 17.6. The Bertz CT molecular complexity index is 960. The normalized spacial score (nSPS) is 13.9. The van der Waals surface area contributed by atoms with E-state index in [4.69, 9.17) is 0 Å². The van der Waals surface area contributed by atoms with Gasteiger partial charge in [-0.15, -0.1) is 0 Å². The van der Waals surface area contributed by atoms with Crippen molar-refractivity contribution in [1.29, 1.82) is 0 Å². The average Bonchev–Trinajstić information content (AvgIpc) is 3.01. The van der Waals surface area contributed by atoms with Crippen molar-refractivity contribution < 1.29 is 0 Å². The summed E-state index contributed by atoms with van der Waals surface area (Å²) < 4.78 is 0. The van der Waals surface area contributed by atoms with E-state index < -0.39 is 0 Å². The molecule has 0 saturated carbocycles. The Morgan fingerprint density at radius 1 is 0.789 bits per heavy atom. The lowest BCUT2D eigenvalue weighted by Crippen LogP contribution is -1.81. The molecule has 0 atom stereocenters. The molecule has 1 aliphatic rings. The van der Waals surface area contributed by atoms with E-state index in [1.54, 1.807) is 5.56 Å². The number of aromatic amines is 1. The summed E-state index contributed by atoms with van der Waals surface area (Å²) in [5.74, 6) is 0. The Kier molecular flexibility index (Phi) is 1.61. The van der Waals surface area contributed by atoms with Gasteiger partial charge in [-0.1, -0.05) is 36.4 Å². The molecule has 4 aromatic rings. The molecule has 1 nitrogen and oxygen atoms in total. The van der Waals surface area contributed by atoms with E-state index in [2.05, 4.69) is 53.5 Å². The molecular weight excluding hydrogens is 230 g/mol. The standard InChI is InChI=1S/C18H13N/c1-2-7-15-13(6-1)18-14-9-8-11-4-3-5-12(17(11)14)10-16(18)19-15/h1-7,10,19H,8-9H2. The summed E-state index contributed by atoms with van der Waals surface area (Å²) in [6.45, 7) is 0. The van der Waals surface area contributed by atoms with Gasteiger partial charge < -0.3 is 4.98 Å². The first-order valence-electron chi connectivity index (χ1n) is 6.86. The van der Waals surface area contributed by atoms with E-state index in [0.29, 0.717) is 0 Å². The van der Waals surface area contributed by atoms with Crippen LogP contribution in [-0.2, 0) is 12.8 Å². The molecule has 0 saturated heterocycles. The highest BCUT2D eigenvalue weighted by Crippen LogP contribution is 2.39. The Balaban J connectivity index is 2.14. The second kappa shape index (κ2) is 3.18. The number of aromatic nitrogens is 1. The quantitative estimate of drug-likeness (QED) is 0.465. The average molecular weight is 243 g/mol. The number of hydrogen-bond acceptors (Lipinski definition) is 0. The summed E-state index contributed by atoms with van der Waals surface area (Å²) in [7, 11) is 0. The van der Waals surface area contributed by atoms with E-state index in [1.807, 2.05) is 0 Å². The van der Waals surface area contributed by atoms with Crippen LogP contribution < -0.4 is 0 Å². The van der Waals surface area contributed by atoms with Gasteiger partial charge in [0.1, 0.15) is 0 Å². The molecular formula is C18H13N. The van der Waals surface area contributed by atoms with Crippen LogP contribution in [0.1, 0.15) is 11.1 Å². The minimum absolute atomic E-state index is 1.18. The van der Waals surface area contributed by atoms with E-state index in [-0.39, 0.29) is 0 Å². The number of nitrogens with one attached hydrogen (secondary N) is 1. The van der Waals surface area contributed by atoms with Gasteiger partial charge in [0.25, 0.3) is 0 Å². The molecule has 0 aliphatic heterocycles. The van der Waals surface area contributed by atoms with Crippen molar-refractivity contribution in [2.75, 3.05) is 0 Å². The van der Waals surface area contributed by atoms with Gasteiger partial charge in [0.15, 0.2) is 0 Å². The molecule has 0 amide bonds. The predicted octanol–water partition coefficient (Wildman–Crippen LogP) is 4.57. The Hall–Kier alpha value is -2.28. The minimum Gasteiger partial charge on any atom is -0.354 e. The Morgan fingerprint density at radius 3 is 2.74 bits per heavy atom. The number of rotatable bonds is 0. The van der Waals surface area contributed by atoms with Gasteiger partial charge in [-0.3, -0.25) is 0 Å². The van der Waals surface area contributed by atoms with Crippen molar-refractivity contribution in [1.82, 2.24) is 4.98 Å². The predicted molar refractivity (Wildman–Crippen MR) is 80.7 cm³/mol. The number of hydrogen-bond donors (Lipinski definition) is 1. The molecule has 5 rings (SSSR count). The zero-order valence-electron chi connectivity index (χ0n) is 10.5. The molecule has 0 unspecified atom stereocenters. The fourth-order valence-corrected chi connectivity index (χ4v) is 3.70. The third-order valence-electron chi connectivity index (χ3n) is 4.47. The van der Waals surface area contributed by atoms with E-state index in [1.165, 1.54) is 51.0 Å². The van der Waals surface area contributed by atoms with Gasteiger partial charge >= 0.3 is 0 Å². The molecule has 19 heavy (non-hydrogen) atoms. The SMILES string of the molecule is c1cc2c3c(c4c(cc3c1)[nH]c1ccccc14)CC2. The lowest BCUT2D eigenvalue weighted by molar-refractivity contribution is 1.03. The molecule has 1 heterocycles. The fraction of sp³-hybridized carbons (Fsp3) is 0.111. The van der Waals surface area contributed by atoms with E-state index in [0.717, 1.165) is 0 Å². The minimum atomic E-state index is 1.18. The molecule has 0 spiro atoms. The first kappa shape index (κ1) is 9.62. The van der Waals surface area contributed by atoms with Crippen LogP contribution in [0.4, 0.5) is 0 Å². The Morgan fingerprint density at radius 2 is 1.74 bits per heavy atom. The second-order valence-corrected chi connectivity index (χ2v) is 5.46. The molecule has 90 valence electrons. The van der Waals surface area contributed by atoms with Crippen LogP contribution in [0.3, 0.4) is 0 Å². The lowest BCUT2D eigenvalue weighted by atomic mass is 10.00. The third kappa shape index (κ3) is 1.11. The first-order valence-corrected chi connectivity index (χ1v) is 6.86. The molecule has 1 heteroatoms. The van der Waals surface area contributed by atoms with Crippen LogP contribution >= 0.6 is 0 Å². The van der Waals surface area contributed by atoms with Crippen molar-refractivity contribution >= 4 is 32.6 Å². The van der Waals surface area contributed by atoms with Crippen molar-refractivity contribution in [3.05, 3.63) is 59.7 Å². The molecule has 1 aliphatic carbocycles. The zero-order valence-corrected chi connectivity index (χ0v) is 10.5. The van der Waals surface area contributed by atoms with Crippen LogP contribution in [0, 0.1) is 0 Å². The van der Waals surface area contributed by atoms with Gasteiger partial charge in [0.05, 0.1) is 0 Å². The molecule has 0 bridgehead atoms. The monoisotopic (exact) mass is 243 g/mol. The largest absolute Gasteiger partial charge is 0.354 e. The smallest absolute Gasteiger partial charge is 0.0474 e. The van der Waals surface area contributed by atoms with E-state index in [9.17, 15) is 0 Å². The second-order valence-electron chi connectivity index (χ2n) is 5.46. The van der Waals surface area contributed by atoms with Crippen LogP contribution in [-0.4, -0.2) is 4.98 Å². The highest BCUT2D eigenvalue weighted by atomic mass is 14.7. The summed E-state index contributed by atoms with van der Waals surface area (Å²) in [5.41, 5.74) is 5.58. The lowest BCUT2D eigenvalue weighted by Gasteiger charge is -2.04.